The molecule has 1 saturated heterocycles. The predicted molar refractivity (Wildman–Crippen MR) is 114 cm³/mol. The monoisotopic (exact) mass is 421 g/mol. The van der Waals surface area contributed by atoms with Crippen LogP contribution >= 0.6 is 0 Å². The number of imide groups is 1. The Bertz CT molecular complexity index is 1030. The van der Waals surface area contributed by atoms with Crippen molar-refractivity contribution in [2.75, 3.05) is 30.4 Å². The van der Waals surface area contributed by atoms with Crippen molar-refractivity contribution in [2.45, 2.75) is 25.7 Å². The van der Waals surface area contributed by atoms with Crippen LogP contribution in [0, 0.1) is 0 Å². The molecule has 0 spiro atoms. The summed E-state index contributed by atoms with van der Waals surface area (Å²) in [5.41, 5.74) is 2.05. The third kappa shape index (κ3) is 4.01. The van der Waals surface area contributed by atoms with Crippen LogP contribution in [-0.2, 0) is 9.59 Å². The molecule has 0 aromatic heterocycles. The molecule has 2 heterocycles. The maximum absolute atomic E-state index is 12.4. The number of nitrogens with zero attached hydrogens (tertiary/aromatic N) is 2. The fraction of sp³-hybridized carbons (Fsp3) is 0.304. The normalized spacial score (nSPS) is 15.5. The maximum Gasteiger partial charge on any atom is 0.261 e. The molecular weight excluding hydrogens is 398 g/mol. The van der Waals surface area contributed by atoms with Gasteiger partial charge in [-0.1, -0.05) is 12.1 Å². The molecule has 160 valence electrons. The molecule has 1 fully saturated rings. The summed E-state index contributed by atoms with van der Waals surface area (Å²) in [7, 11) is 1.52. The highest BCUT2D eigenvalue weighted by Crippen LogP contribution is 2.34. The van der Waals surface area contributed by atoms with E-state index in [1.54, 1.807) is 47.4 Å². The van der Waals surface area contributed by atoms with Crippen LogP contribution in [0.4, 0.5) is 11.4 Å². The quantitative estimate of drug-likeness (QED) is 0.694. The van der Waals surface area contributed by atoms with E-state index in [0.29, 0.717) is 47.6 Å². The summed E-state index contributed by atoms with van der Waals surface area (Å²) >= 11 is 0. The SMILES string of the molecule is COc1cc(NC(=O)CCCN2C(=O)c3ccccc3C2=O)ccc1N1CCCC1=O. The van der Waals surface area contributed by atoms with E-state index in [9.17, 15) is 19.2 Å². The summed E-state index contributed by atoms with van der Waals surface area (Å²) < 4.78 is 5.40. The number of hydrogen-bond acceptors (Lipinski definition) is 5. The molecule has 1 N–H and O–H groups in total. The Morgan fingerprint density at radius 2 is 1.77 bits per heavy atom. The van der Waals surface area contributed by atoms with Crippen LogP contribution in [0.2, 0.25) is 0 Å². The number of hydrogen-bond donors (Lipinski definition) is 1. The van der Waals surface area contributed by atoms with Gasteiger partial charge in [-0.25, -0.2) is 0 Å². The molecule has 4 amide bonds. The number of carbonyl (C=O) groups is 4. The second kappa shape index (κ2) is 8.59. The molecule has 2 aromatic carbocycles. The van der Waals surface area contributed by atoms with E-state index < -0.39 is 0 Å². The molecule has 0 unspecified atom stereocenters. The maximum atomic E-state index is 12.4. The van der Waals surface area contributed by atoms with E-state index in [2.05, 4.69) is 5.32 Å². The third-order valence-electron chi connectivity index (χ3n) is 5.49. The Morgan fingerprint density at radius 3 is 2.39 bits per heavy atom. The minimum atomic E-state index is -0.321. The van der Waals surface area contributed by atoms with Gasteiger partial charge in [0.25, 0.3) is 11.8 Å². The van der Waals surface area contributed by atoms with Crippen LogP contribution in [0.1, 0.15) is 46.4 Å². The largest absolute Gasteiger partial charge is 0.494 e. The number of rotatable bonds is 7. The van der Waals surface area contributed by atoms with Crippen LogP contribution in [0.15, 0.2) is 42.5 Å². The van der Waals surface area contributed by atoms with Crippen LogP contribution < -0.4 is 15.0 Å². The summed E-state index contributed by atoms with van der Waals surface area (Å²) in [5.74, 6) is -0.304. The van der Waals surface area contributed by atoms with Crippen molar-refractivity contribution in [3.8, 4) is 5.75 Å². The number of methoxy groups -OCH3 is 1. The lowest BCUT2D eigenvalue weighted by molar-refractivity contribution is -0.117. The molecule has 2 aliphatic heterocycles. The fourth-order valence-corrected chi connectivity index (χ4v) is 3.94. The lowest BCUT2D eigenvalue weighted by Gasteiger charge is -2.19. The first-order chi connectivity index (χ1) is 15.0. The van der Waals surface area contributed by atoms with Crippen molar-refractivity contribution in [1.82, 2.24) is 4.90 Å². The Hall–Kier alpha value is -3.68. The summed E-state index contributed by atoms with van der Waals surface area (Å²) in [5, 5.41) is 2.80. The third-order valence-corrected chi connectivity index (χ3v) is 5.49. The number of amides is 4. The van der Waals surface area contributed by atoms with E-state index in [-0.39, 0.29) is 36.6 Å². The molecule has 0 atom stereocenters. The lowest BCUT2D eigenvalue weighted by Crippen LogP contribution is -2.31. The Morgan fingerprint density at radius 1 is 1.06 bits per heavy atom. The summed E-state index contributed by atoms with van der Waals surface area (Å²) in [6.45, 7) is 0.831. The van der Waals surface area contributed by atoms with E-state index in [1.165, 1.54) is 12.0 Å². The zero-order valence-corrected chi connectivity index (χ0v) is 17.2. The van der Waals surface area contributed by atoms with Gasteiger partial charge in [0.1, 0.15) is 5.75 Å². The van der Waals surface area contributed by atoms with Gasteiger partial charge in [0.15, 0.2) is 0 Å². The van der Waals surface area contributed by atoms with Gasteiger partial charge in [-0.2, -0.15) is 0 Å². The molecule has 2 aliphatic rings. The summed E-state index contributed by atoms with van der Waals surface area (Å²) in [6.07, 6.45) is 1.85. The summed E-state index contributed by atoms with van der Waals surface area (Å²) in [6, 6.07) is 11.9. The first kappa shape index (κ1) is 20.6. The minimum Gasteiger partial charge on any atom is -0.494 e. The highest BCUT2D eigenvalue weighted by molar-refractivity contribution is 6.21. The molecule has 0 aliphatic carbocycles. The standard InChI is InChI=1S/C23H23N3O5/c1-31-19-14-15(10-11-18(19)25-12-5-9-21(25)28)24-20(27)8-4-13-26-22(29)16-6-2-3-7-17(16)23(26)30/h2-3,6-7,10-11,14H,4-5,8-9,12-13H2,1H3,(H,24,27). The van der Waals surface area contributed by atoms with Gasteiger partial charge in [0.05, 0.1) is 23.9 Å². The van der Waals surface area contributed by atoms with Crippen LogP contribution in [0.3, 0.4) is 0 Å². The zero-order chi connectivity index (χ0) is 22.0. The Labute approximate surface area is 179 Å². The second-order valence-corrected chi connectivity index (χ2v) is 7.49. The lowest BCUT2D eigenvalue weighted by atomic mass is 10.1. The van der Waals surface area contributed by atoms with E-state index in [1.807, 2.05) is 0 Å². The molecular formula is C23H23N3O5. The molecule has 0 bridgehead atoms. The Balaban J connectivity index is 1.33. The molecule has 2 aromatic rings. The van der Waals surface area contributed by atoms with Gasteiger partial charge in [-0.15, -0.1) is 0 Å². The number of carbonyl (C=O) groups excluding carboxylic acids is 4. The van der Waals surface area contributed by atoms with E-state index in [4.69, 9.17) is 4.74 Å². The van der Waals surface area contributed by atoms with Crippen LogP contribution in [0.5, 0.6) is 5.75 Å². The number of ether oxygens (including phenoxy) is 1. The van der Waals surface area contributed by atoms with Gasteiger partial charge in [-0.3, -0.25) is 24.1 Å². The average Bonchev–Trinajstić information content (AvgIpc) is 3.30. The van der Waals surface area contributed by atoms with E-state index >= 15 is 0 Å². The van der Waals surface area contributed by atoms with Gasteiger partial charge in [-0.05, 0) is 37.1 Å². The fourth-order valence-electron chi connectivity index (χ4n) is 3.94. The van der Waals surface area contributed by atoms with Crippen molar-refractivity contribution >= 4 is 35.0 Å². The number of nitrogens with one attached hydrogen (secondary N) is 1. The van der Waals surface area contributed by atoms with Crippen LogP contribution in [0.25, 0.3) is 0 Å². The topological polar surface area (TPSA) is 96.0 Å². The second-order valence-electron chi connectivity index (χ2n) is 7.49. The first-order valence-electron chi connectivity index (χ1n) is 10.2. The molecule has 8 nitrogen and oxygen atoms in total. The van der Waals surface area contributed by atoms with Crippen molar-refractivity contribution in [3.05, 3.63) is 53.6 Å². The minimum absolute atomic E-state index is 0.0586. The van der Waals surface area contributed by atoms with Gasteiger partial charge < -0.3 is 15.0 Å². The molecule has 8 heteroatoms. The van der Waals surface area contributed by atoms with Crippen LogP contribution in [-0.4, -0.2) is 48.7 Å². The number of benzene rings is 2. The highest BCUT2D eigenvalue weighted by atomic mass is 16.5. The number of anilines is 2. The Kier molecular flexibility index (Phi) is 5.70. The molecule has 31 heavy (non-hydrogen) atoms. The molecule has 0 saturated carbocycles. The average molecular weight is 421 g/mol. The summed E-state index contributed by atoms with van der Waals surface area (Å²) in [4.78, 5) is 52.0. The van der Waals surface area contributed by atoms with Crippen molar-refractivity contribution in [2.24, 2.45) is 0 Å². The van der Waals surface area contributed by atoms with Gasteiger partial charge in [0, 0.05) is 37.7 Å². The van der Waals surface area contributed by atoms with E-state index in [0.717, 1.165) is 6.42 Å². The number of fused-ring (bicyclic) bond motifs is 1. The van der Waals surface area contributed by atoms with Crippen molar-refractivity contribution in [3.63, 3.8) is 0 Å². The molecule has 0 radical (unpaired) electrons. The smallest absolute Gasteiger partial charge is 0.261 e. The van der Waals surface area contributed by atoms with Crippen molar-refractivity contribution < 1.29 is 23.9 Å². The molecule has 4 rings (SSSR count). The van der Waals surface area contributed by atoms with Gasteiger partial charge in [0.2, 0.25) is 11.8 Å². The first-order valence-corrected chi connectivity index (χ1v) is 10.2. The zero-order valence-electron chi connectivity index (χ0n) is 17.2. The highest BCUT2D eigenvalue weighted by Gasteiger charge is 2.34. The van der Waals surface area contributed by atoms with Gasteiger partial charge >= 0.3 is 0 Å². The van der Waals surface area contributed by atoms with Crippen molar-refractivity contribution in [1.29, 1.82) is 0 Å². The predicted octanol–water partition coefficient (Wildman–Crippen LogP) is 2.84.